The summed E-state index contributed by atoms with van der Waals surface area (Å²) >= 11 is 1.80. The SMILES string of the molecule is COc1cccc(-n2nc(C)c(CCC(=O)N3CCc4sccc4[C@H]3C)c2C)c1. The Bertz CT molecular complexity index is 1040. The summed E-state index contributed by atoms with van der Waals surface area (Å²) in [5.41, 5.74) is 5.49. The van der Waals surface area contributed by atoms with Gasteiger partial charge in [0.15, 0.2) is 0 Å². The van der Waals surface area contributed by atoms with Crippen molar-refractivity contribution in [3.63, 3.8) is 0 Å². The maximum absolute atomic E-state index is 13.0. The number of aryl methyl sites for hydroxylation is 1. The van der Waals surface area contributed by atoms with Crippen molar-refractivity contribution < 1.29 is 9.53 Å². The lowest BCUT2D eigenvalue weighted by atomic mass is 10.00. The molecule has 152 valence electrons. The molecule has 1 amide bonds. The fourth-order valence-electron chi connectivity index (χ4n) is 4.26. The van der Waals surface area contributed by atoms with Crippen LogP contribution in [0.1, 0.15) is 46.8 Å². The maximum atomic E-state index is 13.0. The number of hydrogen-bond acceptors (Lipinski definition) is 4. The Hall–Kier alpha value is -2.60. The van der Waals surface area contributed by atoms with Crippen molar-refractivity contribution in [3.05, 3.63) is 63.1 Å². The van der Waals surface area contributed by atoms with Crippen molar-refractivity contribution in [1.29, 1.82) is 0 Å². The smallest absolute Gasteiger partial charge is 0.223 e. The van der Waals surface area contributed by atoms with Crippen molar-refractivity contribution in [2.75, 3.05) is 13.7 Å². The lowest BCUT2D eigenvalue weighted by Gasteiger charge is -2.33. The second-order valence-electron chi connectivity index (χ2n) is 7.57. The van der Waals surface area contributed by atoms with E-state index in [-0.39, 0.29) is 11.9 Å². The molecule has 0 fully saturated rings. The van der Waals surface area contributed by atoms with Crippen molar-refractivity contribution >= 4 is 17.2 Å². The predicted molar refractivity (Wildman–Crippen MR) is 116 cm³/mol. The molecule has 3 aromatic rings. The fourth-order valence-corrected chi connectivity index (χ4v) is 5.22. The number of rotatable bonds is 5. The summed E-state index contributed by atoms with van der Waals surface area (Å²) in [7, 11) is 1.66. The van der Waals surface area contributed by atoms with Gasteiger partial charge < -0.3 is 9.64 Å². The quantitative estimate of drug-likeness (QED) is 0.617. The van der Waals surface area contributed by atoms with Crippen LogP contribution < -0.4 is 4.74 Å². The van der Waals surface area contributed by atoms with Gasteiger partial charge in [-0.15, -0.1) is 11.3 Å². The van der Waals surface area contributed by atoms with Gasteiger partial charge in [-0.1, -0.05) is 6.07 Å². The first-order valence-corrected chi connectivity index (χ1v) is 10.9. The van der Waals surface area contributed by atoms with Crippen molar-refractivity contribution in [2.24, 2.45) is 0 Å². The molecule has 1 aliphatic rings. The van der Waals surface area contributed by atoms with Crippen LogP contribution in [0.4, 0.5) is 0 Å². The number of aromatic nitrogens is 2. The topological polar surface area (TPSA) is 47.4 Å². The average molecular weight is 410 g/mol. The van der Waals surface area contributed by atoms with Crippen molar-refractivity contribution in [2.45, 2.75) is 46.1 Å². The number of hydrogen-bond donors (Lipinski definition) is 0. The molecule has 0 radical (unpaired) electrons. The molecule has 0 aliphatic carbocycles. The van der Waals surface area contributed by atoms with E-state index in [9.17, 15) is 4.79 Å². The van der Waals surface area contributed by atoms with Crippen LogP contribution in [-0.4, -0.2) is 34.2 Å². The molecule has 5 nitrogen and oxygen atoms in total. The van der Waals surface area contributed by atoms with E-state index in [0.29, 0.717) is 12.8 Å². The second-order valence-corrected chi connectivity index (χ2v) is 8.58. The number of nitrogens with zero attached hydrogens (tertiary/aromatic N) is 3. The number of ether oxygens (including phenoxy) is 1. The zero-order valence-electron chi connectivity index (χ0n) is 17.4. The Morgan fingerprint density at radius 3 is 2.93 bits per heavy atom. The van der Waals surface area contributed by atoms with Crippen LogP contribution in [0.2, 0.25) is 0 Å². The molecule has 4 rings (SSSR count). The first-order chi connectivity index (χ1) is 14.0. The lowest BCUT2D eigenvalue weighted by molar-refractivity contribution is -0.133. The minimum absolute atomic E-state index is 0.166. The summed E-state index contributed by atoms with van der Waals surface area (Å²) in [6.45, 7) is 7.04. The third-order valence-electron chi connectivity index (χ3n) is 5.93. The van der Waals surface area contributed by atoms with Gasteiger partial charge in [0.1, 0.15) is 5.75 Å². The molecule has 1 atom stereocenters. The van der Waals surface area contributed by atoms with Crippen LogP contribution in [0.15, 0.2) is 35.7 Å². The van der Waals surface area contributed by atoms with Crippen molar-refractivity contribution in [1.82, 2.24) is 14.7 Å². The highest BCUT2D eigenvalue weighted by Crippen LogP contribution is 2.33. The van der Waals surface area contributed by atoms with Gasteiger partial charge in [0, 0.05) is 29.6 Å². The van der Waals surface area contributed by atoms with E-state index in [0.717, 1.165) is 41.4 Å². The molecule has 3 heterocycles. The molecular formula is C23H27N3O2S. The van der Waals surface area contributed by atoms with E-state index in [1.165, 1.54) is 10.4 Å². The van der Waals surface area contributed by atoms with Crippen LogP contribution >= 0.6 is 11.3 Å². The molecular weight excluding hydrogens is 382 g/mol. The monoisotopic (exact) mass is 409 g/mol. The summed E-state index contributed by atoms with van der Waals surface area (Å²) in [6, 6.07) is 10.2. The van der Waals surface area contributed by atoms with Crippen LogP contribution in [0.5, 0.6) is 5.75 Å². The number of methoxy groups -OCH3 is 1. The van der Waals surface area contributed by atoms with Gasteiger partial charge in [-0.2, -0.15) is 5.10 Å². The summed E-state index contributed by atoms with van der Waals surface area (Å²) < 4.78 is 7.28. The van der Waals surface area contributed by atoms with Crippen LogP contribution in [0.25, 0.3) is 5.69 Å². The molecule has 0 spiro atoms. The van der Waals surface area contributed by atoms with Gasteiger partial charge in [0.2, 0.25) is 5.91 Å². The van der Waals surface area contributed by atoms with Crippen LogP contribution in [0.3, 0.4) is 0 Å². The Morgan fingerprint density at radius 1 is 1.31 bits per heavy atom. The summed E-state index contributed by atoms with van der Waals surface area (Å²) in [6.07, 6.45) is 2.18. The number of benzene rings is 1. The van der Waals surface area contributed by atoms with E-state index in [2.05, 4.69) is 25.3 Å². The van der Waals surface area contributed by atoms with Gasteiger partial charge >= 0.3 is 0 Å². The van der Waals surface area contributed by atoms with Crippen LogP contribution in [0, 0.1) is 13.8 Å². The molecule has 0 saturated heterocycles. The normalized spacial score (nSPS) is 16.0. The summed E-state index contributed by atoms with van der Waals surface area (Å²) in [5.74, 6) is 1.03. The van der Waals surface area contributed by atoms with E-state index in [1.54, 1.807) is 18.4 Å². The third kappa shape index (κ3) is 3.69. The Kier molecular flexibility index (Phi) is 5.46. The Labute approximate surface area is 175 Å². The zero-order chi connectivity index (χ0) is 20.5. The molecule has 0 saturated carbocycles. The second kappa shape index (κ2) is 8.03. The molecule has 2 aromatic heterocycles. The molecule has 1 aliphatic heterocycles. The number of fused-ring (bicyclic) bond motifs is 1. The van der Waals surface area contributed by atoms with E-state index >= 15 is 0 Å². The summed E-state index contributed by atoms with van der Waals surface area (Å²) in [5, 5.41) is 6.86. The number of amides is 1. The zero-order valence-corrected chi connectivity index (χ0v) is 18.3. The highest BCUT2D eigenvalue weighted by Gasteiger charge is 2.28. The van der Waals surface area contributed by atoms with E-state index < -0.39 is 0 Å². The predicted octanol–water partition coefficient (Wildman–Crippen LogP) is 4.64. The fraction of sp³-hybridized carbons (Fsp3) is 0.391. The lowest BCUT2D eigenvalue weighted by Crippen LogP contribution is -2.38. The first kappa shape index (κ1) is 19.7. The molecule has 0 N–H and O–H groups in total. The maximum Gasteiger partial charge on any atom is 0.223 e. The average Bonchev–Trinajstić information content (AvgIpc) is 3.32. The standard InChI is InChI=1S/C23H27N3O2S/c1-15-20(17(3)26(24-15)18-6-5-7-19(14-18)28-4)8-9-23(27)25-12-10-22-21(16(25)2)11-13-29-22/h5-7,11,13-14,16H,8-10,12H2,1-4H3/t16-/m1/s1. The van der Waals surface area contributed by atoms with Crippen molar-refractivity contribution in [3.8, 4) is 11.4 Å². The number of carbonyl (C=O) groups excluding carboxylic acids is 1. The highest BCUT2D eigenvalue weighted by molar-refractivity contribution is 7.10. The number of carbonyl (C=O) groups is 1. The molecule has 0 unspecified atom stereocenters. The van der Waals surface area contributed by atoms with Gasteiger partial charge in [0.25, 0.3) is 0 Å². The summed E-state index contributed by atoms with van der Waals surface area (Å²) in [4.78, 5) is 16.4. The minimum atomic E-state index is 0.166. The Morgan fingerprint density at radius 2 is 2.14 bits per heavy atom. The molecule has 1 aromatic carbocycles. The largest absolute Gasteiger partial charge is 0.497 e. The molecule has 6 heteroatoms. The van der Waals surface area contributed by atoms with Gasteiger partial charge in [-0.05, 0) is 68.3 Å². The Balaban J connectivity index is 1.49. The van der Waals surface area contributed by atoms with Gasteiger partial charge in [0.05, 0.1) is 24.5 Å². The first-order valence-electron chi connectivity index (χ1n) is 10.0. The van der Waals surface area contributed by atoms with Gasteiger partial charge in [-0.25, -0.2) is 4.68 Å². The van der Waals surface area contributed by atoms with E-state index in [1.807, 2.05) is 40.8 Å². The van der Waals surface area contributed by atoms with Gasteiger partial charge in [-0.3, -0.25) is 4.79 Å². The molecule has 0 bridgehead atoms. The van der Waals surface area contributed by atoms with Crippen LogP contribution in [-0.2, 0) is 17.6 Å². The minimum Gasteiger partial charge on any atom is -0.497 e. The number of thiophene rings is 1. The highest BCUT2D eigenvalue weighted by atomic mass is 32.1. The third-order valence-corrected chi connectivity index (χ3v) is 6.92. The molecule has 29 heavy (non-hydrogen) atoms. The van der Waals surface area contributed by atoms with E-state index in [4.69, 9.17) is 9.84 Å².